The Bertz CT molecular complexity index is 539. The smallest absolute Gasteiger partial charge is 0.261 e. The fraction of sp³-hybridized carbons (Fsp3) is 0.500. The molecule has 0 fully saturated rings. The van der Waals surface area contributed by atoms with Crippen molar-refractivity contribution in [2.24, 2.45) is 0 Å². The van der Waals surface area contributed by atoms with E-state index in [2.05, 4.69) is 0 Å². The van der Waals surface area contributed by atoms with Gasteiger partial charge in [0.15, 0.2) is 17.4 Å². The van der Waals surface area contributed by atoms with Crippen LogP contribution < -0.4 is 4.74 Å². The zero-order valence-corrected chi connectivity index (χ0v) is 12.8. The summed E-state index contributed by atoms with van der Waals surface area (Å²) in [5.74, 6) is -2.78. The Kier molecular flexibility index (Phi) is 6.16. The molecule has 0 saturated carbocycles. The van der Waals surface area contributed by atoms with Gasteiger partial charge in [0.05, 0.1) is 4.90 Å². The van der Waals surface area contributed by atoms with Gasteiger partial charge in [0.2, 0.25) is 0 Å². The summed E-state index contributed by atoms with van der Waals surface area (Å²) < 4.78 is 54.3. The lowest BCUT2D eigenvalue weighted by Gasteiger charge is -2.18. The van der Waals surface area contributed by atoms with E-state index in [-0.39, 0.29) is 6.61 Å². The van der Waals surface area contributed by atoms with Crippen LogP contribution in [0.5, 0.6) is 5.75 Å². The summed E-state index contributed by atoms with van der Waals surface area (Å²) in [4.78, 5) is 1.39. The first-order valence-corrected chi connectivity index (χ1v) is 8.39. The van der Waals surface area contributed by atoms with Gasteiger partial charge in [-0.2, -0.15) is 0 Å². The van der Waals surface area contributed by atoms with E-state index >= 15 is 0 Å². The first kappa shape index (κ1) is 17.1. The molecule has 1 rings (SSSR count). The molecule has 4 nitrogen and oxygen atoms in total. The van der Waals surface area contributed by atoms with Crippen LogP contribution in [0.3, 0.4) is 0 Å². The third-order valence-corrected chi connectivity index (χ3v) is 4.13. The highest BCUT2D eigenvalue weighted by molar-refractivity contribution is 8.13. The van der Waals surface area contributed by atoms with Gasteiger partial charge in [-0.25, -0.2) is 17.2 Å². The molecule has 0 saturated heterocycles. The minimum Gasteiger partial charge on any atom is -0.486 e. The van der Waals surface area contributed by atoms with Gasteiger partial charge in [-0.05, 0) is 25.2 Å². The van der Waals surface area contributed by atoms with Crippen LogP contribution in [0.25, 0.3) is 0 Å². The highest BCUT2D eigenvalue weighted by Crippen LogP contribution is 2.27. The standard InChI is InChI=1S/C12H16ClF2NO3S/c1-3-16(4-2)5-6-19-12-10(14)7-9(8-11(12)15)20(13,17)18/h7-8H,3-6H2,1-2H3. The van der Waals surface area contributed by atoms with Crippen LogP contribution in [0.1, 0.15) is 13.8 Å². The Morgan fingerprint density at radius 2 is 1.70 bits per heavy atom. The quantitative estimate of drug-likeness (QED) is 0.722. The van der Waals surface area contributed by atoms with Crippen LogP contribution in [0.2, 0.25) is 0 Å². The number of hydrogen-bond acceptors (Lipinski definition) is 4. The summed E-state index contributed by atoms with van der Waals surface area (Å²) in [6, 6.07) is 1.27. The van der Waals surface area contributed by atoms with E-state index in [9.17, 15) is 17.2 Å². The number of likely N-dealkylation sites (N-methyl/N-ethyl adjacent to an activating group) is 1. The molecule has 1 aromatic rings. The lowest BCUT2D eigenvalue weighted by atomic mass is 10.3. The van der Waals surface area contributed by atoms with E-state index in [1.807, 2.05) is 18.7 Å². The maximum Gasteiger partial charge on any atom is 0.261 e. The second-order valence-corrected chi connectivity index (χ2v) is 6.60. The first-order chi connectivity index (χ1) is 9.29. The number of nitrogens with zero attached hydrogens (tertiary/aromatic N) is 1. The van der Waals surface area contributed by atoms with Crippen molar-refractivity contribution in [1.82, 2.24) is 4.90 Å². The van der Waals surface area contributed by atoms with Crippen molar-refractivity contribution in [1.29, 1.82) is 0 Å². The molecule has 0 unspecified atom stereocenters. The third-order valence-electron chi connectivity index (χ3n) is 2.80. The van der Waals surface area contributed by atoms with Crippen LogP contribution in [0.15, 0.2) is 17.0 Å². The highest BCUT2D eigenvalue weighted by atomic mass is 35.7. The van der Waals surface area contributed by atoms with Gasteiger partial charge >= 0.3 is 0 Å². The molecule has 0 radical (unpaired) electrons. The molecule has 0 amide bonds. The second kappa shape index (κ2) is 7.19. The fourth-order valence-electron chi connectivity index (χ4n) is 1.63. The summed E-state index contributed by atoms with van der Waals surface area (Å²) in [6.45, 7) is 6.14. The van der Waals surface area contributed by atoms with Crippen LogP contribution in [0, 0.1) is 11.6 Å². The Morgan fingerprint density at radius 1 is 1.20 bits per heavy atom. The number of ether oxygens (including phenoxy) is 1. The average Bonchev–Trinajstić information content (AvgIpc) is 2.36. The summed E-state index contributed by atoms with van der Waals surface area (Å²) >= 11 is 0. The van der Waals surface area contributed by atoms with Gasteiger partial charge < -0.3 is 9.64 Å². The van der Waals surface area contributed by atoms with Gasteiger partial charge in [-0.15, -0.1) is 0 Å². The van der Waals surface area contributed by atoms with Gasteiger partial charge in [-0.3, -0.25) is 0 Å². The predicted octanol–water partition coefficient (Wildman–Crippen LogP) is 2.61. The molecule has 0 aliphatic rings. The molecule has 114 valence electrons. The monoisotopic (exact) mass is 327 g/mol. The Balaban J connectivity index is 2.82. The fourth-order valence-corrected chi connectivity index (χ4v) is 2.39. The SMILES string of the molecule is CCN(CC)CCOc1c(F)cc(S(=O)(=O)Cl)cc1F. The Hall–Kier alpha value is -0.920. The lowest BCUT2D eigenvalue weighted by Crippen LogP contribution is -2.28. The minimum absolute atomic E-state index is 0.0997. The lowest BCUT2D eigenvalue weighted by molar-refractivity contribution is 0.211. The summed E-state index contributed by atoms with van der Waals surface area (Å²) in [6.07, 6.45) is 0. The summed E-state index contributed by atoms with van der Waals surface area (Å²) in [7, 11) is 0.852. The Morgan fingerprint density at radius 3 is 2.10 bits per heavy atom. The van der Waals surface area contributed by atoms with E-state index in [0.717, 1.165) is 13.1 Å². The van der Waals surface area contributed by atoms with Crippen molar-refractivity contribution in [3.8, 4) is 5.75 Å². The zero-order chi connectivity index (χ0) is 15.3. The van der Waals surface area contributed by atoms with Crippen LogP contribution in [0.4, 0.5) is 8.78 Å². The molecular weight excluding hydrogens is 312 g/mol. The molecule has 1 aromatic carbocycles. The van der Waals surface area contributed by atoms with Crippen molar-refractivity contribution in [3.63, 3.8) is 0 Å². The number of benzene rings is 1. The van der Waals surface area contributed by atoms with Crippen molar-refractivity contribution in [3.05, 3.63) is 23.8 Å². The molecule has 0 atom stereocenters. The van der Waals surface area contributed by atoms with Crippen molar-refractivity contribution >= 4 is 19.7 Å². The van der Waals surface area contributed by atoms with Crippen molar-refractivity contribution < 1.29 is 21.9 Å². The maximum absolute atomic E-state index is 13.6. The number of rotatable bonds is 7. The van der Waals surface area contributed by atoms with E-state index in [1.165, 1.54) is 0 Å². The van der Waals surface area contributed by atoms with Crippen molar-refractivity contribution in [2.75, 3.05) is 26.2 Å². The van der Waals surface area contributed by atoms with Crippen LogP contribution >= 0.6 is 10.7 Å². The van der Waals surface area contributed by atoms with E-state index < -0.39 is 31.3 Å². The summed E-state index contributed by atoms with van der Waals surface area (Å²) in [5.41, 5.74) is 0. The topological polar surface area (TPSA) is 46.6 Å². The molecule has 0 aliphatic carbocycles. The minimum atomic E-state index is -4.18. The molecule has 8 heteroatoms. The van der Waals surface area contributed by atoms with Crippen LogP contribution in [-0.4, -0.2) is 39.6 Å². The maximum atomic E-state index is 13.6. The van der Waals surface area contributed by atoms with Gasteiger partial charge in [0.25, 0.3) is 9.05 Å². The zero-order valence-electron chi connectivity index (χ0n) is 11.2. The molecule has 0 bridgehead atoms. The van der Waals surface area contributed by atoms with Crippen molar-refractivity contribution in [2.45, 2.75) is 18.7 Å². The molecule has 0 aromatic heterocycles. The molecule has 0 aliphatic heterocycles. The van der Waals surface area contributed by atoms with E-state index in [4.69, 9.17) is 15.4 Å². The molecule has 20 heavy (non-hydrogen) atoms. The molecule has 0 heterocycles. The predicted molar refractivity (Wildman–Crippen MR) is 72.7 cm³/mol. The second-order valence-electron chi connectivity index (χ2n) is 4.03. The molecule has 0 N–H and O–H groups in total. The van der Waals surface area contributed by atoms with E-state index in [0.29, 0.717) is 18.7 Å². The number of hydrogen-bond donors (Lipinski definition) is 0. The Labute approximate surface area is 121 Å². The van der Waals surface area contributed by atoms with Gasteiger partial charge in [0.1, 0.15) is 6.61 Å². The summed E-state index contributed by atoms with van der Waals surface area (Å²) in [5, 5.41) is 0. The first-order valence-electron chi connectivity index (χ1n) is 6.08. The van der Waals surface area contributed by atoms with Gasteiger partial charge in [-0.1, -0.05) is 13.8 Å². The molecular formula is C12H16ClF2NO3S. The van der Waals surface area contributed by atoms with Gasteiger partial charge in [0, 0.05) is 17.2 Å². The largest absolute Gasteiger partial charge is 0.486 e. The average molecular weight is 328 g/mol. The normalized spacial score (nSPS) is 11.9. The molecule has 0 spiro atoms. The third kappa shape index (κ3) is 4.57. The van der Waals surface area contributed by atoms with E-state index in [1.54, 1.807) is 0 Å². The highest BCUT2D eigenvalue weighted by Gasteiger charge is 2.19. The number of halogens is 3. The van der Waals surface area contributed by atoms with Crippen LogP contribution in [-0.2, 0) is 9.05 Å².